The predicted molar refractivity (Wildman–Crippen MR) is 88.6 cm³/mol. The van der Waals surface area contributed by atoms with Crippen LogP contribution in [-0.4, -0.2) is 44.0 Å². The SMILES string of the molecule is CNCC1CCN(CC(=O)Nc2c(Cl)cc(Cl)cc2Cl)C1. The number of likely N-dealkylation sites (tertiary alicyclic amines) is 1. The number of halogens is 3. The van der Waals surface area contributed by atoms with E-state index in [4.69, 9.17) is 34.8 Å². The predicted octanol–water partition coefficient (Wildman–Crippen LogP) is 3.13. The summed E-state index contributed by atoms with van der Waals surface area (Å²) in [5, 5.41) is 7.06. The van der Waals surface area contributed by atoms with Gasteiger partial charge in [-0.15, -0.1) is 0 Å². The summed E-state index contributed by atoms with van der Waals surface area (Å²) in [7, 11) is 1.94. The average molecular weight is 351 g/mol. The lowest BCUT2D eigenvalue weighted by Gasteiger charge is -2.16. The van der Waals surface area contributed by atoms with E-state index in [2.05, 4.69) is 15.5 Å². The fourth-order valence-electron chi connectivity index (χ4n) is 2.56. The molecule has 1 atom stereocenters. The number of rotatable bonds is 5. The molecule has 1 fully saturated rings. The molecule has 0 aromatic heterocycles. The Hall–Kier alpha value is -0.520. The van der Waals surface area contributed by atoms with Crippen LogP contribution in [-0.2, 0) is 4.79 Å². The largest absolute Gasteiger partial charge is 0.322 e. The first-order valence-corrected chi connectivity index (χ1v) is 7.94. The number of anilines is 1. The summed E-state index contributed by atoms with van der Waals surface area (Å²) in [4.78, 5) is 14.2. The molecule has 7 heteroatoms. The van der Waals surface area contributed by atoms with Gasteiger partial charge in [-0.2, -0.15) is 0 Å². The molecule has 1 unspecified atom stereocenters. The van der Waals surface area contributed by atoms with Gasteiger partial charge in [0.15, 0.2) is 0 Å². The van der Waals surface area contributed by atoms with E-state index in [1.807, 2.05) is 7.05 Å². The molecule has 1 aliphatic heterocycles. The quantitative estimate of drug-likeness (QED) is 0.857. The number of carbonyl (C=O) groups is 1. The topological polar surface area (TPSA) is 44.4 Å². The Kier molecular flexibility index (Phi) is 6.14. The summed E-state index contributed by atoms with van der Waals surface area (Å²) >= 11 is 18.0. The molecule has 1 amide bonds. The Bertz CT molecular complexity index is 501. The Morgan fingerprint density at radius 3 is 2.62 bits per heavy atom. The molecular weight excluding hydrogens is 333 g/mol. The standard InChI is InChI=1S/C14H18Cl3N3O/c1-18-6-9-2-3-20(7-9)8-13(21)19-14-11(16)4-10(15)5-12(14)17/h4-5,9,18H,2-3,6-8H2,1H3,(H,19,21). The second kappa shape index (κ2) is 7.65. The highest BCUT2D eigenvalue weighted by atomic mass is 35.5. The van der Waals surface area contributed by atoms with Crippen molar-refractivity contribution in [2.75, 3.05) is 38.5 Å². The first-order chi connectivity index (χ1) is 9.99. The first kappa shape index (κ1) is 16.8. The number of hydrogen-bond acceptors (Lipinski definition) is 3. The zero-order valence-electron chi connectivity index (χ0n) is 11.8. The van der Waals surface area contributed by atoms with Gasteiger partial charge in [-0.05, 0) is 44.6 Å². The van der Waals surface area contributed by atoms with Gasteiger partial charge in [0.05, 0.1) is 22.3 Å². The lowest BCUT2D eigenvalue weighted by atomic mass is 10.1. The van der Waals surface area contributed by atoms with Gasteiger partial charge in [0.2, 0.25) is 5.91 Å². The molecule has 116 valence electrons. The van der Waals surface area contributed by atoms with Gasteiger partial charge in [-0.25, -0.2) is 0 Å². The van der Waals surface area contributed by atoms with Gasteiger partial charge < -0.3 is 10.6 Å². The molecule has 0 spiro atoms. The summed E-state index contributed by atoms with van der Waals surface area (Å²) in [6.45, 7) is 3.18. The monoisotopic (exact) mass is 349 g/mol. The van der Waals surface area contributed by atoms with Crippen molar-refractivity contribution in [3.05, 3.63) is 27.2 Å². The molecule has 1 aromatic carbocycles. The average Bonchev–Trinajstić information content (AvgIpc) is 2.81. The number of amides is 1. The molecule has 2 N–H and O–H groups in total. The third-order valence-corrected chi connectivity index (χ3v) is 4.32. The van der Waals surface area contributed by atoms with E-state index in [0.717, 1.165) is 26.1 Å². The summed E-state index contributed by atoms with van der Waals surface area (Å²) in [5.41, 5.74) is 0.415. The Morgan fingerprint density at radius 1 is 1.33 bits per heavy atom. The van der Waals surface area contributed by atoms with Gasteiger partial charge in [0.1, 0.15) is 0 Å². The van der Waals surface area contributed by atoms with E-state index in [9.17, 15) is 4.79 Å². The first-order valence-electron chi connectivity index (χ1n) is 6.81. The minimum absolute atomic E-state index is 0.119. The summed E-state index contributed by atoms with van der Waals surface area (Å²) in [5.74, 6) is 0.483. The number of benzene rings is 1. The van der Waals surface area contributed by atoms with E-state index < -0.39 is 0 Å². The van der Waals surface area contributed by atoms with Gasteiger partial charge in [-0.1, -0.05) is 34.8 Å². The van der Waals surface area contributed by atoms with Crippen LogP contribution in [0.5, 0.6) is 0 Å². The smallest absolute Gasteiger partial charge is 0.238 e. The molecule has 1 aromatic rings. The summed E-state index contributed by atoms with van der Waals surface area (Å²) in [6, 6.07) is 3.12. The third-order valence-electron chi connectivity index (χ3n) is 3.50. The molecule has 1 aliphatic rings. The molecule has 4 nitrogen and oxygen atoms in total. The summed E-state index contributed by atoms with van der Waals surface area (Å²) < 4.78 is 0. The van der Waals surface area contributed by atoms with Crippen LogP contribution in [0.15, 0.2) is 12.1 Å². The van der Waals surface area contributed by atoms with Crippen molar-refractivity contribution in [1.29, 1.82) is 0 Å². The van der Waals surface area contributed by atoms with Gasteiger partial charge in [0, 0.05) is 11.6 Å². The van der Waals surface area contributed by atoms with Crippen molar-refractivity contribution in [3.8, 4) is 0 Å². The maximum atomic E-state index is 12.1. The molecule has 1 saturated heterocycles. The van der Waals surface area contributed by atoms with Crippen molar-refractivity contribution in [2.45, 2.75) is 6.42 Å². The van der Waals surface area contributed by atoms with Crippen LogP contribution < -0.4 is 10.6 Å². The Morgan fingerprint density at radius 2 is 2.00 bits per heavy atom. The molecule has 0 radical (unpaired) electrons. The highest BCUT2D eigenvalue weighted by Crippen LogP contribution is 2.33. The normalized spacial score (nSPS) is 19.0. The maximum absolute atomic E-state index is 12.1. The van der Waals surface area contributed by atoms with Crippen molar-refractivity contribution in [2.24, 2.45) is 5.92 Å². The Labute approximate surface area is 139 Å². The van der Waals surface area contributed by atoms with E-state index >= 15 is 0 Å². The number of carbonyl (C=O) groups excluding carboxylic acids is 1. The van der Waals surface area contributed by atoms with Gasteiger partial charge >= 0.3 is 0 Å². The van der Waals surface area contributed by atoms with Crippen LogP contribution in [0.3, 0.4) is 0 Å². The van der Waals surface area contributed by atoms with E-state index in [0.29, 0.717) is 33.2 Å². The van der Waals surface area contributed by atoms with Crippen molar-refractivity contribution >= 4 is 46.4 Å². The zero-order valence-corrected chi connectivity index (χ0v) is 14.0. The van der Waals surface area contributed by atoms with Crippen LogP contribution in [0.2, 0.25) is 15.1 Å². The number of nitrogens with one attached hydrogen (secondary N) is 2. The van der Waals surface area contributed by atoms with E-state index in [-0.39, 0.29) is 5.91 Å². The van der Waals surface area contributed by atoms with Crippen LogP contribution in [0, 0.1) is 5.92 Å². The van der Waals surface area contributed by atoms with Crippen molar-refractivity contribution in [1.82, 2.24) is 10.2 Å². The minimum Gasteiger partial charge on any atom is -0.322 e. The highest BCUT2D eigenvalue weighted by Gasteiger charge is 2.23. The van der Waals surface area contributed by atoms with Gasteiger partial charge in [0.25, 0.3) is 0 Å². The van der Waals surface area contributed by atoms with Crippen LogP contribution in [0.25, 0.3) is 0 Å². The number of nitrogens with zero attached hydrogens (tertiary/aromatic N) is 1. The lowest BCUT2D eigenvalue weighted by molar-refractivity contribution is -0.117. The lowest BCUT2D eigenvalue weighted by Crippen LogP contribution is -2.32. The fourth-order valence-corrected chi connectivity index (χ4v) is 3.47. The highest BCUT2D eigenvalue weighted by molar-refractivity contribution is 6.42. The second-order valence-electron chi connectivity index (χ2n) is 5.24. The van der Waals surface area contributed by atoms with Crippen LogP contribution in [0.4, 0.5) is 5.69 Å². The molecule has 0 saturated carbocycles. The second-order valence-corrected chi connectivity index (χ2v) is 6.49. The molecule has 21 heavy (non-hydrogen) atoms. The minimum atomic E-state index is -0.119. The van der Waals surface area contributed by atoms with Crippen LogP contribution >= 0.6 is 34.8 Å². The molecule has 0 bridgehead atoms. The Balaban J connectivity index is 1.91. The summed E-state index contributed by atoms with van der Waals surface area (Å²) in [6.07, 6.45) is 1.11. The molecule has 0 aliphatic carbocycles. The van der Waals surface area contributed by atoms with Crippen molar-refractivity contribution < 1.29 is 4.79 Å². The molecule has 2 rings (SSSR count). The molecule has 1 heterocycles. The fraction of sp³-hybridized carbons (Fsp3) is 0.500. The zero-order chi connectivity index (χ0) is 15.4. The van der Waals surface area contributed by atoms with Crippen molar-refractivity contribution in [3.63, 3.8) is 0 Å². The maximum Gasteiger partial charge on any atom is 0.238 e. The molecular formula is C14H18Cl3N3O. The third kappa shape index (κ3) is 4.73. The van der Waals surface area contributed by atoms with Gasteiger partial charge in [-0.3, -0.25) is 9.69 Å². The van der Waals surface area contributed by atoms with Crippen LogP contribution in [0.1, 0.15) is 6.42 Å². The van der Waals surface area contributed by atoms with E-state index in [1.54, 1.807) is 12.1 Å². The number of hydrogen-bond donors (Lipinski definition) is 2. The van der Waals surface area contributed by atoms with E-state index in [1.165, 1.54) is 0 Å².